The average molecular weight is 321 g/mol. The van der Waals surface area contributed by atoms with Crippen LogP contribution in [0.25, 0.3) is 0 Å². The topological polar surface area (TPSA) is 45.7 Å². The van der Waals surface area contributed by atoms with Crippen molar-refractivity contribution in [3.8, 4) is 5.75 Å². The van der Waals surface area contributed by atoms with Gasteiger partial charge < -0.3 is 15.4 Å². The highest BCUT2D eigenvalue weighted by atomic mass is 19.4. The third-order valence-electron chi connectivity index (χ3n) is 2.95. The number of ether oxygens (including phenoxy) is 1. The SMILES string of the molecule is CN=C(NCCC(F)(F)F)NC(C)c1ccc(OC)c(F)c1. The number of alkyl halides is 3. The van der Waals surface area contributed by atoms with E-state index in [4.69, 9.17) is 4.74 Å². The molecule has 0 aliphatic heterocycles. The molecule has 0 radical (unpaired) electrons. The van der Waals surface area contributed by atoms with Crippen molar-refractivity contribution in [2.75, 3.05) is 20.7 Å². The van der Waals surface area contributed by atoms with E-state index in [-0.39, 0.29) is 24.3 Å². The summed E-state index contributed by atoms with van der Waals surface area (Å²) in [7, 11) is 2.82. The maximum Gasteiger partial charge on any atom is 0.390 e. The number of guanidine groups is 1. The standard InChI is InChI=1S/C14H19F4N3O/c1-9(10-4-5-12(22-3)11(15)8-10)21-13(19-2)20-7-6-14(16,17)18/h4-5,8-9H,6-7H2,1-3H3,(H2,19,20,21). The lowest BCUT2D eigenvalue weighted by Gasteiger charge is -2.19. The first-order valence-electron chi connectivity index (χ1n) is 6.64. The Morgan fingerprint density at radius 3 is 2.55 bits per heavy atom. The molecule has 0 heterocycles. The molecule has 1 atom stereocenters. The molecular weight excluding hydrogens is 302 g/mol. The molecule has 0 saturated heterocycles. The monoisotopic (exact) mass is 321 g/mol. The number of benzene rings is 1. The molecule has 2 N–H and O–H groups in total. The molecule has 4 nitrogen and oxygen atoms in total. The first kappa shape index (κ1) is 18.1. The normalized spacial score (nSPS) is 13.7. The fourth-order valence-electron chi connectivity index (χ4n) is 1.76. The predicted octanol–water partition coefficient (Wildman–Crippen LogP) is 3.01. The minimum Gasteiger partial charge on any atom is -0.494 e. The molecule has 22 heavy (non-hydrogen) atoms. The van der Waals surface area contributed by atoms with Crippen molar-refractivity contribution in [2.45, 2.75) is 25.6 Å². The number of halogens is 4. The lowest BCUT2D eigenvalue weighted by molar-refractivity contribution is -0.132. The molecular formula is C14H19F4N3O. The van der Waals surface area contributed by atoms with Crippen LogP contribution in [0.15, 0.2) is 23.2 Å². The lowest BCUT2D eigenvalue weighted by atomic mass is 10.1. The molecule has 0 amide bonds. The number of methoxy groups -OCH3 is 1. The summed E-state index contributed by atoms with van der Waals surface area (Å²) >= 11 is 0. The van der Waals surface area contributed by atoms with Crippen molar-refractivity contribution in [2.24, 2.45) is 4.99 Å². The highest BCUT2D eigenvalue weighted by Gasteiger charge is 2.26. The second-order valence-electron chi connectivity index (χ2n) is 4.62. The van der Waals surface area contributed by atoms with Crippen LogP contribution >= 0.6 is 0 Å². The Kier molecular flexibility index (Phi) is 6.45. The van der Waals surface area contributed by atoms with Gasteiger partial charge in [-0.25, -0.2) is 4.39 Å². The fourth-order valence-corrected chi connectivity index (χ4v) is 1.76. The minimum atomic E-state index is -4.23. The summed E-state index contributed by atoms with van der Waals surface area (Å²) in [6.07, 6.45) is -5.18. The van der Waals surface area contributed by atoms with E-state index in [9.17, 15) is 17.6 Å². The molecule has 0 saturated carbocycles. The molecule has 0 aromatic heterocycles. The summed E-state index contributed by atoms with van der Waals surface area (Å²) in [4.78, 5) is 3.84. The highest BCUT2D eigenvalue weighted by Crippen LogP contribution is 2.21. The van der Waals surface area contributed by atoms with E-state index in [1.807, 2.05) is 0 Å². The molecule has 124 valence electrons. The number of hydrogen-bond acceptors (Lipinski definition) is 2. The van der Waals surface area contributed by atoms with Crippen LogP contribution in [-0.4, -0.2) is 32.8 Å². The third kappa shape index (κ3) is 5.79. The van der Waals surface area contributed by atoms with Crippen LogP contribution in [0.2, 0.25) is 0 Å². The highest BCUT2D eigenvalue weighted by molar-refractivity contribution is 5.80. The molecule has 1 unspecified atom stereocenters. The van der Waals surface area contributed by atoms with Gasteiger partial charge in [-0.2, -0.15) is 13.2 Å². The van der Waals surface area contributed by atoms with Gasteiger partial charge in [0, 0.05) is 13.6 Å². The Hall–Kier alpha value is -1.99. The fraction of sp³-hybridized carbons (Fsp3) is 0.500. The quantitative estimate of drug-likeness (QED) is 0.498. The molecule has 0 fully saturated rings. The Balaban J connectivity index is 2.61. The molecule has 1 aromatic carbocycles. The van der Waals surface area contributed by atoms with Crippen LogP contribution in [0.3, 0.4) is 0 Å². The Morgan fingerprint density at radius 2 is 2.05 bits per heavy atom. The third-order valence-corrected chi connectivity index (χ3v) is 2.95. The molecule has 0 bridgehead atoms. The molecule has 1 rings (SSSR count). The van der Waals surface area contributed by atoms with Crippen LogP contribution in [0.1, 0.15) is 24.9 Å². The second kappa shape index (κ2) is 7.86. The van der Waals surface area contributed by atoms with Gasteiger partial charge in [-0.3, -0.25) is 4.99 Å². The number of nitrogens with zero attached hydrogens (tertiary/aromatic N) is 1. The van der Waals surface area contributed by atoms with E-state index < -0.39 is 18.4 Å². The molecule has 0 aliphatic rings. The zero-order valence-corrected chi connectivity index (χ0v) is 12.6. The van der Waals surface area contributed by atoms with Gasteiger partial charge in [0.2, 0.25) is 0 Å². The van der Waals surface area contributed by atoms with Crippen molar-refractivity contribution < 1.29 is 22.3 Å². The van der Waals surface area contributed by atoms with Crippen molar-refractivity contribution in [1.82, 2.24) is 10.6 Å². The van der Waals surface area contributed by atoms with Gasteiger partial charge in [0.05, 0.1) is 19.6 Å². The van der Waals surface area contributed by atoms with E-state index in [1.165, 1.54) is 26.3 Å². The van der Waals surface area contributed by atoms with E-state index in [0.29, 0.717) is 5.56 Å². The Labute approximate surface area is 126 Å². The summed E-state index contributed by atoms with van der Waals surface area (Å²) in [5.74, 6) is -0.162. The van der Waals surface area contributed by atoms with E-state index in [0.717, 1.165) is 0 Å². The molecule has 1 aromatic rings. The second-order valence-corrected chi connectivity index (χ2v) is 4.62. The zero-order valence-electron chi connectivity index (χ0n) is 12.6. The summed E-state index contributed by atoms with van der Waals surface area (Å²) < 4.78 is 54.8. The lowest BCUT2D eigenvalue weighted by Crippen LogP contribution is -2.40. The van der Waals surface area contributed by atoms with Gasteiger partial charge in [0.15, 0.2) is 17.5 Å². The number of nitrogens with one attached hydrogen (secondary N) is 2. The van der Waals surface area contributed by atoms with E-state index in [1.54, 1.807) is 13.0 Å². The van der Waals surface area contributed by atoms with Crippen LogP contribution in [0.4, 0.5) is 17.6 Å². The van der Waals surface area contributed by atoms with Crippen LogP contribution in [0.5, 0.6) is 5.75 Å². The Bertz CT molecular complexity index is 517. The number of aliphatic imine (C=N–C) groups is 1. The van der Waals surface area contributed by atoms with Gasteiger partial charge in [0.1, 0.15) is 0 Å². The van der Waals surface area contributed by atoms with Crippen LogP contribution < -0.4 is 15.4 Å². The van der Waals surface area contributed by atoms with Crippen molar-refractivity contribution in [1.29, 1.82) is 0 Å². The van der Waals surface area contributed by atoms with Gasteiger partial charge in [0.25, 0.3) is 0 Å². The zero-order chi connectivity index (χ0) is 16.8. The summed E-state index contributed by atoms with van der Waals surface area (Å²) in [6, 6.07) is 4.13. The van der Waals surface area contributed by atoms with E-state index in [2.05, 4.69) is 15.6 Å². The summed E-state index contributed by atoms with van der Waals surface area (Å²) in [6.45, 7) is 1.46. The van der Waals surface area contributed by atoms with Crippen molar-refractivity contribution >= 4 is 5.96 Å². The molecule has 8 heteroatoms. The molecule has 0 spiro atoms. The maximum absolute atomic E-state index is 13.6. The number of hydrogen-bond donors (Lipinski definition) is 2. The summed E-state index contributed by atoms with van der Waals surface area (Å²) in [5, 5.41) is 5.46. The largest absolute Gasteiger partial charge is 0.494 e. The van der Waals surface area contributed by atoms with Crippen molar-refractivity contribution in [3.63, 3.8) is 0 Å². The smallest absolute Gasteiger partial charge is 0.390 e. The van der Waals surface area contributed by atoms with E-state index >= 15 is 0 Å². The first-order chi connectivity index (χ1) is 10.3. The van der Waals surface area contributed by atoms with Crippen molar-refractivity contribution in [3.05, 3.63) is 29.6 Å². The number of rotatable bonds is 5. The first-order valence-corrected chi connectivity index (χ1v) is 6.64. The average Bonchev–Trinajstić information content (AvgIpc) is 2.44. The predicted molar refractivity (Wildman–Crippen MR) is 76.5 cm³/mol. The van der Waals surface area contributed by atoms with Gasteiger partial charge in [-0.05, 0) is 24.6 Å². The summed E-state index contributed by atoms with van der Waals surface area (Å²) in [5.41, 5.74) is 0.622. The maximum atomic E-state index is 13.6. The van der Waals surface area contributed by atoms with Gasteiger partial charge >= 0.3 is 6.18 Å². The van der Waals surface area contributed by atoms with Crippen LogP contribution in [-0.2, 0) is 0 Å². The van der Waals surface area contributed by atoms with Crippen LogP contribution in [0, 0.1) is 5.82 Å². The minimum absolute atomic E-state index is 0.128. The van der Waals surface area contributed by atoms with Gasteiger partial charge in [-0.1, -0.05) is 6.07 Å². The Morgan fingerprint density at radius 1 is 1.36 bits per heavy atom. The van der Waals surface area contributed by atoms with Gasteiger partial charge in [-0.15, -0.1) is 0 Å². The molecule has 0 aliphatic carbocycles.